The molecule has 18 heavy (non-hydrogen) atoms. The highest BCUT2D eigenvalue weighted by molar-refractivity contribution is 5.42. The quantitative estimate of drug-likeness (QED) is 0.877. The largest absolute Gasteiger partial charge is 0.368 e. The van der Waals surface area contributed by atoms with Crippen LogP contribution in [0.5, 0.6) is 0 Å². The summed E-state index contributed by atoms with van der Waals surface area (Å²) in [6, 6.07) is 3.29. The molecule has 7 heteroatoms. The van der Waals surface area contributed by atoms with Crippen molar-refractivity contribution < 1.29 is 8.78 Å². The minimum absolute atomic E-state index is 0.0312. The van der Waals surface area contributed by atoms with Crippen LogP contribution < -0.4 is 11.1 Å². The van der Waals surface area contributed by atoms with Crippen molar-refractivity contribution in [1.29, 1.82) is 0 Å². The van der Waals surface area contributed by atoms with Crippen LogP contribution >= 0.6 is 0 Å². The molecule has 0 saturated heterocycles. The van der Waals surface area contributed by atoms with E-state index in [-0.39, 0.29) is 17.7 Å². The van der Waals surface area contributed by atoms with Crippen molar-refractivity contribution in [2.45, 2.75) is 19.9 Å². The van der Waals surface area contributed by atoms with Crippen molar-refractivity contribution in [3.63, 3.8) is 0 Å². The number of nitrogens with zero attached hydrogens (tertiary/aromatic N) is 3. The van der Waals surface area contributed by atoms with Crippen LogP contribution in [-0.4, -0.2) is 20.8 Å². The van der Waals surface area contributed by atoms with E-state index in [0.717, 1.165) is 16.8 Å². The number of anilines is 2. The van der Waals surface area contributed by atoms with Crippen LogP contribution in [0.2, 0.25) is 0 Å². The normalized spacial score (nSPS) is 10.9. The molecule has 0 aliphatic rings. The molecule has 0 unspecified atom stereocenters. The number of nitrogens with one attached hydrogen (secondary N) is 1. The Kier molecular flexibility index (Phi) is 3.14. The number of benzene rings is 1. The Morgan fingerprint density at radius 2 is 2.06 bits per heavy atom. The van der Waals surface area contributed by atoms with E-state index < -0.39 is 11.6 Å². The molecule has 1 aromatic carbocycles. The van der Waals surface area contributed by atoms with Gasteiger partial charge in [0.15, 0.2) is 5.82 Å². The second kappa shape index (κ2) is 4.59. The van der Waals surface area contributed by atoms with Crippen molar-refractivity contribution in [3.8, 4) is 5.69 Å². The molecule has 0 atom stereocenters. The third-order valence-electron chi connectivity index (χ3n) is 2.19. The summed E-state index contributed by atoms with van der Waals surface area (Å²) in [5, 5.41) is 6.96. The van der Waals surface area contributed by atoms with E-state index >= 15 is 0 Å². The third kappa shape index (κ3) is 2.39. The minimum Gasteiger partial charge on any atom is -0.368 e. The average molecular weight is 253 g/mol. The second-order valence-corrected chi connectivity index (χ2v) is 4.10. The van der Waals surface area contributed by atoms with Crippen molar-refractivity contribution in [2.24, 2.45) is 0 Å². The van der Waals surface area contributed by atoms with Gasteiger partial charge in [0.1, 0.15) is 11.5 Å². The molecule has 2 aromatic rings. The van der Waals surface area contributed by atoms with Gasteiger partial charge in [-0.3, -0.25) is 0 Å². The molecule has 96 valence electrons. The van der Waals surface area contributed by atoms with E-state index in [0.29, 0.717) is 5.95 Å². The zero-order chi connectivity index (χ0) is 13.3. The highest BCUT2D eigenvalue weighted by atomic mass is 19.1. The summed E-state index contributed by atoms with van der Waals surface area (Å²) in [6.45, 7) is 3.82. The summed E-state index contributed by atoms with van der Waals surface area (Å²) in [5.41, 5.74) is 5.70. The molecule has 0 aliphatic carbocycles. The SMILES string of the molecule is CC(C)Nc1nc(N)n(-c2ccc(F)cc2F)n1. The van der Waals surface area contributed by atoms with E-state index in [9.17, 15) is 8.78 Å². The summed E-state index contributed by atoms with van der Waals surface area (Å²) < 4.78 is 27.5. The number of hydrogen-bond acceptors (Lipinski definition) is 4. The lowest BCUT2D eigenvalue weighted by atomic mass is 10.3. The van der Waals surface area contributed by atoms with Gasteiger partial charge in [-0.1, -0.05) is 0 Å². The predicted octanol–water partition coefficient (Wildman–Crippen LogP) is 1.95. The van der Waals surface area contributed by atoms with Gasteiger partial charge >= 0.3 is 0 Å². The number of nitrogen functional groups attached to an aromatic ring is 1. The molecular weight excluding hydrogens is 240 g/mol. The number of rotatable bonds is 3. The lowest BCUT2D eigenvalue weighted by Crippen LogP contribution is -2.11. The van der Waals surface area contributed by atoms with Gasteiger partial charge in [-0.15, -0.1) is 5.10 Å². The highest BCUT2D eigenvalue weighted by Crippen LogP contribution is 2.18. The van der Waals surface area contributed by atoms with Crippen LogP contribution in [0.3, 0.4) is 0 Å². The maximum absolute atomic E-state index is 13.6. The summed E-state index contributed by atoms with van der Waals surface area (Å²) in [5.74, 6) is -1.08. The number of nitrogens with two attached hydrogens (primary N) is 1. The first-order valence-electron chi connectivity index (χ1n) is 5.42. The van der Waals surface area contributed by atoms with Gasteiger partial charge in [0.2, 0.25) is 11.9 Å². The van der Waals surface area contributed by atoms with E-state index in [4.69, 9.17) is 5.73 Å². The van der Waals surface area contributed by atoms with Crippen LogP contribution in [0.4, 0.5) is 20.7 Å². The molecule has 0 radical (unpaired) electrons. The lowest BCUT2D eigenvalue weighted by Gasteiger charge is -2.04. The van der Waals surface area contributed by atoms with E-state index in [2.05, 4.69) is 15.4 Å². The summed E-state index contributed by atoms with van der Waals surface area (Å²) in [4.78, 5) is 3.95. The second-order valence-electron chi connectivity index (χ2n) is 4.10. The molecule has 3 N–H and O–H groups in total. The Morgan fingerprint density at radius 1 is 1.33 bits per heavy atom. The lowest BCUT2D eigenvalue weighted by molar-refractivity contribution is 0.574. The standard InChI is InChI=1S/C11H13F2N5/c1-6(2)15-11-16-10(14)18(17-11)9-4-3-7(12)5-8(9)13/h3-6H,1-2H3,(H3,14,15,16,17). The molecule has 0 fully saturated rings. The first kappa shape index (κ1) is 12.3. The molecule has 0 bridgehead atoms. The fraction of sp³-hybridized carbons (Fsp3) is 0.273. The molecule has 1 heterocycles. The average Bonchev–Trinajstić information content (AvgIpc) is 2.58. The predicted molar refractivity (Wildman–Crippen MR) is 64.4 cm³/mol. The van der Waals surface area contributed by atoms with Crippen molar-refractivity contribution >= 4 is 11.9 Å². The fourth-order valence-corrected chi connectivity index (χ4v) is 1.47. The van der Waals surface area contributed by atoms with Crippen LogP contribution in [0.25, 0.3) is 5.69 Å². The summed E-state index contributed by atoms with van der Waals surface area (Å²) >= 11 is 0. The van der Waals surface area contributed by atoms with Gasteiger partial charge in [0, 0.05) is 12.1 Å². The molecule has 5 nitrogen and oxygen atoms in total. The van der Waals surface area contributed by atoms with Gasteiger partial charge in [-0.05, 0) is 26.0 Å². The van der Waals surface area contributed by atoms with E-state index in [1.807, 2.05) is 13.8 Å². The minimum atomic E-state index is -0.748. The smallest absolute Gasteiger partial charge is 0.244 e. The molecule has 0 saturated carbocycles. The van der Waals surface area contributed by atoms with Gasteiger partial charge < -0.3 is 11.1 Å². The molecular formula is C11H13F2N5. The monoisotopic (exact) mass is 253 g/mol. The number of aromatic nitrogens is 3. The van der Waals surface area contributed by atoms with Crippen molar-refractivity contribution in [3.05, 3.63) is 29.8 Å². The highest BCUT2D eigenvalue weighted by Gasteiger charge is 2.13. The van der Waals surface area contributed by atoms with Crippen molar-refractivity contribution in [1.82, 2.24) is 14.8 Å². The Hall–Kier alpha value is -2.18. The summed E-state index contributed by atoms with van der Waals surface area (Å²) in [6.07, 6.45) is 0. The molecule has 0 amide bonds. The Balaban J connectivity index is 2.41. The molecule has 0 spiro atoms. The van der Waals surface area contributed by atoms with E-state index in [1.165, 1.54) is 6.07 Å². The zero-order valence-electron chi connectivity index (χ0n) is 9.98. The van der Waals surface area contributed by atoms with Crippen LogP contribution in [0, 0.1) is 11.6 Å². The number of halogens is 2. The number of hydrogen-bond donors (Lipinski definition) is 2. The maximum atomic E-state index is 13.6. The topological polar surface area (TPSA) is 68.8 Å². The third-order valence-corrected chi connectivity index (χ3v) is 2.19. The van der Waals surface area contributed by atoms with Gasteiger partial charge in [-0.25, -0.2) is 8.78 Å². The Bertz CT molecular complexity index is 565. The zero-order valence-corrected chi connectivity index (χ0v) is 9.98. The molecule has 0 aliphatic heterocycles. The van der Waals surface area contributed by atoms with Gasteiger partial charge in [0.25, 0.3) is 0 Å². The van der Waals surface area contributed by atoms with Crippen LogP contribution in [-0.2, 0) is 0 Å². The van der Waals surface area contributed by atoms with Gasteiger partial charge in [0.05, 0.1) is 0 Å². The van der Waals surface area contributed by atoms with Crippen LogP contribution in [0.15, 0.2) is 18.2 Å². The molecule has 2 rings (SSSR count). The first-order chi connectivity index (χ1) is 8.47. The first-order valence-corrected chi connectivity index (χ1v) is 5.42. The van der Waals surface area contributed by atoms with E-state index in [1.54, 1.807) is 0 Å². The maximum Gasteiger partial charge on any atom is 0.244 e. The summed E-state index contributed by atoms with van der Waals surface area (Å²) in [7, 11) is 0. The Morgan fingerprint density at radius 3 is 2.67 bits per heavy atom. The molecule has 1 aromatic heterocycles. The van der Waals surface area contributed by atoms with Crippen LogP contribution in [0.1, 0.15) is 13.8 Å². The van der Waals surface area contributed by atoms with Gasteiger partial charge in [-0.2, -0.15) is 9.67 Å². The fourth-order valence-electron chi connectivity index (χ4n) is 1.47. The Labute approximate surface area is 103 Å². The van der Waals surface area contributed by atoms with Crippen molar-refractivity contribution in [2.75, 3.05) is 11.1 Å².